The second-order valence-corrected chi connectivity index (χ2v) is 7.56. The van der Waals surface area contributed by atoms with Crippen LogP contribution in [-0.2, 0) is 16.0 Å². The second-order valence-electron chi connectivity index (χ2n) is 7.56. The van der Waals surface area contributed by atoms with Gasteiger partial charge >= 0.3 is 0 Å². The standard InChI is InChI=1S/C19H28N4O2/c1-21(2)16-6-4-15(14-20-16)5-7-17(24)23-12-9-19(10-13-23)8-11-22(3)18(19)25/h4,6,14H,5,7-13H2,1-3H3. The van der Waals surface area contributed by atoms with E-state index in [2.05, 4.69) is 4.98 Å². The van der Waals surface area contributed by atoms with Crippen LogP contribution in [0.3, 0.4) is 0 Å². The van der Waals surface area contributed by atoms with Gasteiger partial charge in [-0.2, -0.15) is 0 Å². The fraction of sp³-hybridized carbons (Fsp3) is 0.632. The minimum absolute atomic E-state index is 0.185. The van der Waals surface area contributed by atoms with Gasteiger partial charge < -0.3 is 14.7 Å². The fourth-order valence-electron chi connectivity index (χ4n) is 3.88. The first-order valence-electron chi connectivity index (χ1n) is 9.07. The lowest BCUT2D eigenvalue weighted by molar-refractivity contribution is -0.142. The van der Waals surface area contributed by atoms with E-state index in [-0.39, 0.29) is 17.2 Å². The molecule has 0 radical (unpaired) electrons. The summed E-state index contributed by atoms with van der Waals surface area (Å²) in [6, 6.07) is 4.01. The van der Waals surface area contributed by atoms with Crippen LogP contribution in [0.2, 0.25) is 0 Å². The van der Waals surface area contributed by atoms with Crippen molar-refractivity contribution >= 4 is 17.6 Å². The van der Waals surface area contributed by atoms with Crippen LogP contribution in [0.25, 0.3) is 0 Å². The molecule has 2 aliphatic rings. The summed E-state index contributed by atoms with van der Waals surface area (Å²) in [5.41, 5.74) is 0.886. The predicted molar refractivity (Wildman–Crippen MR) is 97.4 cm³/mol. The number of aromatic nitrogens is 1. The van der Waals surface area contributed by atoms with Crippen molar-refractivity contribution in [2.24, 2.45) is 5.41 Å². The molecule has 2 amide bonds. The molecule has 0 atom stereocenters. The number of anilines is 1. The lowest BCUT2D eigenvalue weighted by atomic mass is 9.77. The number of nitrogens with zero attached hydrogens (tertiary/aromatic N) is 4. The molecule has 136 valence electrons. The molecule has 0 saturated carbocycles. The summed E-state index contributed by atoms with van der Waals surface area (Å²) < 4.78 is 0. The normalized spacial score (nSPS) is 19.6. The predicted octanol–water partition coefficient (Wildman–Crippen LogP) is 1.55. The van der Waals surface area contributed by atoms with Gasteiger partial charge in [0.15, 0.2) is 0 Å². The molecule has 0 aromatic carbocycles. The van der Waals surface area contributed by atoms with E-state index in [4.69, 9.17) is 0 Å². The SMILES string of the molecule is CN1CCC2(CCN(C(=O)CCc3ccc(N(C)C)nc3)CC2)C1=O. The third kappa shape index (κ3) is 3.62. The number of rotatable bonds is 4. The number of aryl methyl sites for hydroxylation is 1. The molecule has 1 aromatic rings. The van der Waals surface area contributed by atoms with Crippen molar-refractivity contribution in [3.63, 3.8) is 0 Å². The van der Waals surface area contributed by atoms with Crippen molar-refractivity contribution in [3.8, 4) is 0 Å². The Morgan fingerprint density at radius 2 is 1.88 bits per heavy atom. The first kappa shape index (κ1) is 17.7. The van der Waals surface area contributed by atoms with Gasteiger partial charge in [-0.1, -0.05) is 6.07 Å². The van der Waals surface area contributed by atoms with Crippen LogP contribution in [0.4, 0.5) is 5.82 Å². The molecule has 25 heavy (non-hydrogen) atoms. The van der Waals surface area contributed by atoms with Crippen LogP contribution < -0.4 is 4.90 Å². The number of amides is 2. The highest BCUT2D eigenvalue weighted by Crippen LogP contribution is 2.41. The highest BCUT2D eigenvalue weighted by molar-refractivity contribution is 5.85. The van der Waals surface area contributed by atoms with E-state index in [9.17, 15) is 9.59 Å². The molecule has 6 heteroatoms. The lowest BCUT2D eigenvalue weighted by Crippen LogP contribution is -2.46. The van der Waals surface area contributed by atoms with Gasteiger partial charge in [0.05, 0.1) is 5.41 Å². The molecule has 6 nitrogen and oxygen atoms in total. The third-order valence-electron chi connectivity index (χ3n) is 5.69. The Morgan fingerprint density at radius 3 is 2.40 bits per heavy atom. The van der Waals surface area contributed by atoms with Crippen LogP contribution in [0.15, 0.2) is 18.3 Å². The molecule has 2 aliphatic heterocycles. The monoisotopic (exact) mass is 344 g/mol. The van der Waals surface area contributed by atoms with E-state index >= 15 is 0 Å². The summed E-state index contributed by atoms with van der Waals surface area (Å²) in [6.45, 7) is 2.26. The Kier molecular flexibility index (Phi) is 4.97. The largest absolute Gasteiger partial charge is 0.363 e. The van der Waals surface area contributed by atoms with Crippen molar-refractivity contribution in [2.45, 2.75) is 32.1 Å². The van der Waals surface area contributed by atoms with E-state index in [0.29, 0.717) is 25.9 Å². The number of piperidine rings is 1. The summed E-state index contributed by atoms with van der Waals surface area (Å²) >= 11 is 0. The highest BCUT2D eigenvalue weighted by atomic mass is 16.2. The minimum atomic E-state index is -0.197. The Bertz CT molecular complexity index is 633. The van der Waals surface area contributed by atoms with Crippen LogP contribution in [0.1, 0.15) is 31.2 Å². The molecule has 3 rings (SSSR count). The van der Waals surface area contributed by atoms with E-state index < -0.39 is 0 Å². The zero-order valence-electron chi connectivity index (χ0n) is 15.5. The van der Waals surface area contributed by atoms with Crippen LogP contribution >= 0.6 is 0 Å². The molecule has 0 aliphatic carbocycles. The fourth-order valence-corrected chi connectivity index (χ4v) is 3.88. The van der Waals surface area contributed by atoms with Crippen molar-refractivity contribution in [3.05, 3.63) is 23.9 Å². The van der Waals surface area contributed by atoms with Gasteiger partial charge in [0.2, 0.25) is 11.8 Å². The Labute approximate surface area is 149 Å². The van der Waals surface area contributed by atoms with Gasteiger partial charge in [-0.25, -0.2) is 4.98 Å². The smallest absolute Gasteiger partial charge is 0.228 e. The molecule has 0 N–H and O–H groups in total. The van der Waals surface area contributed by atoms with Gasteiger partial charge in [-0.15, -0.1) is 0 Å². The molecule has 3 heterocycles. The summed E-state index contributed by atoms with van der Waals surface area (Å²) in [7, 11) is 5.80. The van der Waals surface area contributed by atoms with E-state index in [0.717, 1.165) is 37.2 Å². The average Bonchev–Trinajstić information content (AvgIpc) is 2.89. The van der Waals surface area contributed by atoms with Gasteiger partial charge in [-0.3, -0.25) is 9.59 Å². The molecule has 1 aromatic heterocycles. The summed E-state index contributed by atoms with van der Waals surface area (Å²) in [5.74, 6) is 1.37. The van der Waals surface area contributed by atoms with Gasteiger partial charge in [0.25, 0.3) is 0 Å². The van der Waals surface area contributed by atoms with E-state index in [1.807, 2.05) is 54.2 Å². The zero-order chi connectivity index (χ0) is 18.0. The minimum Gasteiger partial charge on any atom is -0.363 e. The lowest BCUT2D eigenvalue weighted by Gasteiger charge is -2.37. The van der Waals surface area contributed by atoms with Crippen molar-refractivity contribution < 1.29 is 9.59 Å². The quantitative estimate of drug-likeness (QED) is 0.832. The topological polar surface area (TPSA) is 56.8 Å². The molecule has 2 saturated heterocycles. The molecule has 1 spiro atoms. The van der Waals surface area contributed by atoms with E-state index in [1.54, 1.807) is 0 Å². The molecule has 2 fully saturated rings. The Balaban J connectivity index is 1.49. The number of likely N-dealkylation sites (tertiary alicyclic amines) is 2. The highest BCUT2D eigenvalue weighted by Gasteiger charge is 2.47. The molecular weight excluding hydrogens is 316 g/mol. The number of pyridine rings is 1. The number of hydrogen-bond donors (Lipinski definition) is 0. The van der Waals surface area contributed by atoms with E-state index in [1.165, 1.54) is 0 Å². The first-order valence-corrected chi connectivity index (χ1v) is 9.07. The summed E-state index contributed by atoms with van der Waals surface area (Å²) in [4.78, 5) is 35.0. The van der Waals surface area contributed by atoms with Crippen LogP contribution in [-0.4, -0.2) is 67.4 Å². The van der Waals surface area contributed by atoms with Crippen LogP contribution in [0.5, 0.6) is 0 Å². The maximum absolute atomic E-state index is 12.5. The second kappa shape index (κ2) is 7.02. The van der Waals surface area contributed by atoms with Gasteiger partial charge in [-0.05, 0) is 37.3 Å². The summed E-state index contributed by atoms with van der Waals surface area (Å²) in [5, 5.41) is 0. The third-order valence-corrected chi connectivity index (χ3v) is 5.69. The molecule has 0 unspecified atom stereocenters. The first-order chi connectivity index (χ1) is 11.9. The van der Waals surface area contributed by atoms with Crippen LogP contribution in [0, 0.1) is 5.41 Å². The van der Waals surface area contributed by atoms with Crippen molar-refractivity contribution in [2.75, 3.05) is 45.7 Å². The van der Waals surface area contributed by atoms with Crippen molar-refractivity contribution in [1.82, 2.24) is 14.8 Å². The number of hydrogen-bond acceptors (Lipinski definition) is 4. The van der Waals surface area contributed by atoms with Gasteiger partial charge in [0, 0.05) is 53.4 Å². The molecular formula is C19H28N4O2. The number of carbonyl (C=O) groups is 2. The summed E-state index contributed by atoms with van der Waals surface area (Å²) in [6.07, 6.45) is 5.61. The zero-order valence-corrected chi connectivity index (χ0v) is 15.5. The maximum atomic E-state index is 12.5. The van der Waals surface area contributed by atoms with Gasteiger partial charge in [0.1, 0.15) is 5.82 Å². The average molecular weight is 344 g/mol. The maximum Gasteiger partial charge on any atom is 0.228 e. The Morgan fingerprint density at radius 1 is 1.20 bits per heavy atom. The molecule has 0 bridgehead atoms. The Hall–Kier alpha value is -2.11. The van der Waals surface area contributed by atoms with Crippen molar-refractivity contribution in [1.29, 1.82) is 0 Å². The number of carbonyl (C=O) groups excluding carboxylic acids is 2.